The Balaban J connectivity index is 1.54. The third kappa shape index (κ3) is 2.90. The molecule has 0 fully saturated rings. The zero-order chi connectivity index (χ0) is 24.5. The number of nitrogens with zero attached hydrogens (tertiary/aromatic N) is 2. The highest BCUT2D eigenvalue weighted by molar-refractivity contribution is 6.34. The van der Waals surface area contributed by atoms with Crippen LogP contribution in [-0.4, -0.2) is 40.7 Å². The predicted molar refractivity (Wildman–Crippen MR) is 125 cm³/mol. The summed E-state index contributed by atoms with van der Waals surface area (Å²) in [6, 6.07) is 15.0. The van der Waals surface area contributed by atoms with Crippen LogP contribution in [0.25, 0.3) is 0 Å². The predicted octanol–water partition coefficient (Wildman–Crippen LogP) is 4.05. The molecule has 0 bridgehead atoms. The number of amides is 4. The first-order valence-corrected chi connectivity index (χ1v) is 10.8. The van der Waals surface area contributed by atoms with E-state index in [-0.39, 0.29) is 23.1 Å². The Morgan fingerprint density at radius 2 is 1.18 bits per heavy atom. The van der Waals surface area contributed by atoms with Gasteiger partial charge in [-0.05, 0) is 53.9 Å². The largest absolute Gasteiger partial charge is 0.508 e. The molecule has 1 N–H and O–H groups in total. The van der Waals surface area contributed by atoms with Gasteiger partial charge in [-0.15, -0.1) is 0 Å². The van der Waals surface area contributed by atoms with Crippen LogP contribution < -0.4 is 4.90 Å². The van der Waals surface area contributed by atoms with Crippen molar-refractivity contribution in [3.05, 3.63) is 93.5 Å². The summed E-state index contributed by atoms with van der Waals surface area (Å²) in [5.74, 6) is -1.57. The van der Waals surface area contributed by atoms with E-state index in [1.54, 1.807) is 49.4 Å². The van der Waals surface area contributed by atoms with Crippen molar-refractivity contribution in [2.75, 3.05) is 11.9 Å². The normalized spacial score (nSPS) is 15.3. The molecule has 0 saturated carbocycles. The van der Waals surface area contributed by atoms with Gasteiger partial charge in [0.2, 0.25) is 0 Å². The lowest BCUT2D eigenvalue weighted by atomic mass is 9.76. The second kappa shape index (κ2) is 7.12. The zero-order valence-electron chi connectivity index (χ0n) is 19.2. The molecule has 0 unspecified atom stereocenters. The van der Waals surface area contributed by atoms with E-state index in [1.807, 2.05) is 19.9 Å². The van der Waals surface area contributed by atoms with Crippen LogP contribution in [0, 0.1) is 6.92 Å². The standard InChI is InChI=1S/C27H22N2O5/c1-14-5-8-17(13-22(14)30)29-25(33)19-10-7-16(12-21(19)26(29)34)27(2,3)15-6-9-18-20(11-15)24(32)28(4)23(18)31/h5-13,30H,1-4H3. The number of phenolic OH excluding ortho intramolecular Hbond substituents is 1. The van der Waals surface area contributed by atoms with Crippen molar-refractivity contribution in [1.29, 1.82) is 0 Å². The van der Waals surface area contributed by atoms with E-state index in [9.17, 15) is 24.3 Å². The number of anilines is 1. The second-order valence-corrected chi connectivity index (χ2v) is 9.23. The zero-order valence-corrected chi connectivity index (χ0v) is 19.2. The Hall–Kier alpha value is -4.26. The van der Waals surface area contributed by atoms with Gasteiger partial charge in [0.15, 0.2) is 0 Å². The van der Waals surface area contributed by atoms with Crippen molar-refractivity contribution >= 4 is 29.3 Å². The number of carbonyl (C=O) groups excluding carboxylic acids is 4. The molecule has 7 heteroatoms. The third-order valence-electron chi connectivity index (χ3n) is 6.87. The molecule has 0 aliphatic carbocycles. The van der Waals surface area contributed by atoms with Crippen LogP contribution in [0.5, 0.6) is 5.75 Å². The third-order valence-corrected chi connectivity index (χ3v) is 6.87. The topological polar surface area (TPSA) is 95.0 Å². The molecule has 4 amide bonds. The van der Waals surface area contributed by atoms with Gasteiger partial charge in [0, 0.05) is 18.5 Å². The molecular formula is C27H22N2O5. The van der Waals surface area contributed by atoms with Gasteiger partial charge in [-0.2, -0.15) is 0 Å². The van der Waals surface area contributed by atoms with Gasteiger partial charge < -0.3 is 5.11 Å². The van der Waals surface area contributed by atoms with Crippen molar-refractivity contribution in [3.8, 4) is 5.75 Å². The Morgan fingerprint density at radius 3 is 1.76 bits per heavy atom. The summed E-state index contributed by atoms with van der Waals surface area (Å²) in [5.41, 5.74) is 3.23. The number of phenols is 1. The van der Waals surface area contributed by atoms with E-state index in [4.69, 9.17) is 0 Å². The highest BCUT2D eigenvalue weighted by Crippen LogP contribution is 2.38. The summed E-state index contributed by atoms with van der Waals surface area (Å²) in [5, 5.41) is 10.0. The van der Waals surface area contributed by atoms with Gasteiger partial charge in [-0.3, -0.25) is 24.1 Å². The SMILES string of the molecule is Cc1ccc(N2C(=O)c3ccc(C(C)(C)c4ccc5c(c4)C(=O)N(C)C5=O)cc3C2=O)cc1O. The number of hydrogen-bond acceptors (Lipinski definition) is 5. The highest BCUT2D eigenvalue weighted by atomic mass is 16.3. The highest BCUT2D eigenvalue weighted by Gasteiger charge is 2.39. The number of imide groups is 2. The van der Waals surface area contributed by atoms with Crippen LogP contribution in [0.15, 0.2) is 54.6 Å². The van der Waals surface area contributed by atoms with E-state index in [0.717, 1.165) is 20.9 Å². The van der Waals surface area contributed by atoms with E-state index in [2.05, 4.69) is 0 Å². The number of benzene rings is 3. The van der Waals surface area contributed by atoms with Gasteiger partial charge in [0.05, 0.1) is 27.9 Å². The first kappa shape index (κ1) is 21.6. The molecule has 2 aliphatic rings. The van der Waals surface area contributed by atoms with Crippen molar-refractivity contribution in [3.63, 3.8) is 0 Å². The molecule has 0 saturated heterocycles. The average molecular weight is 454 g/mol. The number of hydrogen-bond donors (Lipinski definition) is 1. The fourth-order valence-corrected chi connectivity index (χ4v) is 4.52. The van der Waals surface area contributed by atoms with Crippen molar-refractivity contribution < 1.29 is 24.3 Å². The Labute approximate surface area is 196 Å². The van der Waals surface area contributed by atoms with E-state index in [1.165, 1.54) is 13.1 Å². The fourth-order valence-electron chi connectivity index (χ4n) is 4.52. The van der Waals surface area contributed by atoms with Crippen molar-refractivity contribution in [2.24, 2.45) is 0 Å². The van der Waals surface area contributed by atoms with Crippen LogP contribution in [0.3, 0.4) is 0 Å². The number of rotatable bonds is 3. The maximum Gasteiger partial charge on any atom is 0.266 e. The van der Waals surface area contributed by atoms with Gasteiger partial charge in [-0.25, -0.2) is 4.90 Å². The number of aromatic hydroxyl groups is 1. The monoisotopic (exact) mass is 454 g/mol. The molecule has 2 heterocycles. The quantitative estimate of drug-likeness (QED) is 0.603. The first-order valence-electron chi connectivity index (χ1n) is 10.8. The molecule has 0 spiro atoms. The number of carbonyl (C=O) groups is 4. The molecule has 170 valence electrons. The molecule has 34 heavy (non-hydrogen) atoms. The van der Waals surface area contributed by atoms with Crippen LogP contribution in [0.2, 0.25) is 0 Å². The maximum atomic E-state index is 13.2. The average Bonchev–Trinajstić information content (AvgIpc) is 3.20. The summed E-state index contributed by atoms with van der Waals surface area (Å²) >= 11 is 0. The van der Waals surface area contributed by atoms with E-state index >= 15 is 0 Å². The summed E-state index contributed by atoms with van der Waals surface area (Å²) in [6.45, 7) is 5.65. The minimum absolute atomic E-state index is 0.00571. The van der Waals surface area contributed by atoms with Crippen LogP contribution in [0.4, 0.5) is 5.69 Å². The lowest BCUT2D eigenvalue weighted by Gasteiger charge is -2.27. The minimum atomic E-state index is -0.618. The van der Waals surface area contributed by atoms with Crippen LogP contribution in [-0.2, 0) is 5.41 Å². The summed E-state index contributed by atoms with van der Waals surface area (Å²) in [6.07, 6.45) is 0. The van der Waals surface area contributed by atoms with Gasteiger partial charge in [0.1, 0.15) is 5.75 Å². The van der Waals surface area contributed by atoms with E-state index in [0.29, 0.717) is 27.9 Å². The van der Waals surface area contributed by atoms with Gasteiger partial charge in [0.25, 0.3) is 23.6 Å². The smallest absolute Gasteiger partial charge is 0.266 e. The van der Waals surface area contributed by atoms with Gasteiger partial charge in [-0.1, -0.05) is 32.0 Å². The van der Waals surface area contributed by atoms with Gasteiger partial charge >= 0.3 is 0 Å². The van der Waals surface area contributed by atoms with E-state index < -0.39 is 17.2 Å². The molecule has 3 aromatic carbocycles. The molecule has 7 nitrogen and oxygen atoms in total. The molecular weight excluding hydrogens is 432 g/mol. The first-order chi connectivity index (χ1) is 16.0. The lowest BCUT2D eigenvalue weighted by molar-refractivity contribution is 0.0692. The summed E-state index contributed by atoms with van der Waals surface area (Å²) in [4.78, 5) is 53.1. The van der Waals surface area contributed by atoms with Crippen LogP contribution in [0.1, 0.15) is 72.0 Å². The fraction of sp³-hybridized carbons (Fsp3) is 0.185. The minimum Gasteiger partial charge on any atom is -0.508 e. The molecule has 2 aliphatic heterocycles. The van der Waals surface area contributed by atoms with Crippen molar-refractivity contribution in [1.82, 2.24) is 4.90 Å². The Kier molecular flexibility index (Phi) is 4.52. The summed E-state index contributed by atoms with van der Waals surface area (Å²) < 4.78 is 0. The van der Waals surface area contributed by atoms with Crippen molar-refractivity contribution in [2.45, 2.75) is 26.2 Å². The maximum absolute atomic E-state index is 13.2. The summed E-state index contributed by atoms with van der Waals surface area (Å²) in [7, 11) is 1.46. The Bertz CT molecular complexity index is 1450. The Morgan fingerprint density at radius 1 is 0.676 bits per heavy atom. The second-order valence-electron chi connectivity index (χ2n) is 9.23. The van der Waals surface area contributed by atoms with Crippen LogP contribution >= 0.6 is 0 Å². The molecule has 0 atom stereocenters. The number of aryl methyl sites for hydroxylation is 1. The molecule has 5 rings (SSSR count). The number of fused-ring (bicyclic) bond motifs is 2. The molecule has 0 radical (unpaired) electrons. The lowest BCUT2D eigenvalue weighted by Crippen LogP contribution is -2.29. The molecule has 0 aromatic heterocycles. The molecule has 3 aromatic rings.